The van der Waals surface area contributed by atoms with E-state index in [1.54, 1.807) is 13.8 Å². The van der Waals surface area contributed by atoms with Crippen LogP contribution in [0.1, 0.15) is 13.8 Å². The van der Waals surface area contributed by atoms with Gasteiger partial charge in [0, 0.05) is 0 Å². The fourth-order valence-electron chi connectivity index (χ4n) is 1.66. The van der Waals surface area contributed by atoms with Crippen molar-refractivity contribution in [3.05, 3.63) is 0 Å². The first-order chi connectivity index (χ1) is 7.66. The Balaban J connectivity index is 3.14. The van der Waals surface area contributed by atoms with E-state index in [0.717, 1.165) is 4.90 Å². The first kappa shape index (κ1) is 14.3. The topological polar surface area (TPSA) is 112 Å². The van der Waals surface area contributed by atoms with Crippen LogP contribution < -0.4 is 0 Å². The molecule has 1 aliphatic heterocycles. The Labute approximate surface area is 103 Å². The number of carboxylic acids is 1. The lowest BCUT2D eigenvalue weighted by Gasteiger charge is -2.30. The Morgan fingerprint density at radius 2 is 2.06 bits per heavy atom. The average molecular weight is 283 g/mol. The highest BCUT2D eigenvalue weighted by Crippen LogP contribution is 2.32. The molecule has 1 amide bonds. The number of thioether (sulfide) groups is 1. The number of hydrogen-bond acceptors (Lipinski definition) is 5. The van der Waals surface area contributed by atoms with Crippen molar-refractivity contribution >= 4 is 33.8 Å². The third-order valence-electron chi connectivity index (χ3n) is 2.30. The lowest BCUT2D eigenvalue weighted by Crippen LogP contribution is -2.51. The molecule has 17 heavy (non-hydrogen) atoms. The fourth-order valence-corrected chi connectivity index (χ4v) is 3.93. The quantitative estimate of drug-likeness (QED) is 0.689. The molecule has 0 aromatic rings. The van der Waals surface area contributed by atoms with Crippen molar-refractivity contribution in [2.24, 2.45) is 5.92 Å². The van der Waals surface area contributed by atoms with Crippen LogP contribution in [0.25, 0.3) is 0 Å². The largest absolute Gasteiger partial charge is 0.480 e. The molecule has 0 aliphatic carbocycles. The van der Waals surface area contributed by atoms with Crippen LogP contribution in [0.3, 0.4) is 0 Å². The normalized spacial score (nSPS) is 23.2. The van der Waals surface area contributed by atoms with Crippen LogP contribution in [0.2, 0.25) is 0 Å². The van der Waals surface area contributed by atoms with Crippen molar-refractivity contribution < 1.29 is 27.7 Å². The van der Waals surface area contributed by atoms with E-state index in [1.807, 2.05) is 0 Å². The van der Waals surface area contributed by atoms with E-state index in [9.17, 15) is 18.0 Å². The van der Waals surface area contributed by atoms with Crippen molar-refractivity contribution in [2.75, 3.05) is 5.75 Å². The van der Waals surface area contributed by atoms with E-state index in [0.29, 0.717) is 11.8 Å². The zero-order valence-electron chi connectivity index (χ0n) is 9.23. The highest BCUT2D eigenvalue weighted by atomic mass is 32.3. The molecule has 1 rings (SSSR count). The second-order valence-electron chi connectivity index (χ2n) is 3.96. The van der Waals surface area contributed by atoms with Crippen molar-refractivity contribution in [1.29, 1.82) is 0 Å². The molecule has 0 saturated carbocycles. The molecule has 0 radical (unpaired) electrons. The van der Waals surface area contributed by atoms with Gasteiger partial charge in [-0.15, -0.1) is 11.8 Å². The summed E-state index contributed by atoms with van der Waals surface area (Å²) in [6, 6.07) is -1.26. The van der Waals surface area contributed by atoms with Gasteiger partial charge in [-0.25, -0.2) is 4.79 Å². The standard InChI is InChI=1S/C8H13NO6S2/c1-4(2)6(7(11)12)9-5(10)3-16-8(9)17(13,14)15/h4,6,8H,3H2,1-2H3,(H,11,12)(H,13,14,15). The Morgan fingerprint density at radius 3 is 2.41 bits per heavy atom. The van der Waals surface area contributed by atoms with Crippen LogP contribution in [0.5, 0.6) is 0 Å². The molecule has 9 heteroatoms. The predicted octanol–water partition coefficient (Wildman–Crippen LogP) is -0.158. The number of carbonyl (C=O) groups excluding carboxylic acids is 1. The monoisotopic (exact) mass is 283 g/mol. The highest BCUT2D eigenvalue weighted by molar-refractivity contribution is 8.12. The maximum absolute atomic E-state index is 11.5. The number of nitrogens with zero attached hydrogens (tertiary/aromatic N) is 1. The second kappa shape index (κ2) is 4.83. The van der Waals surface area contributed by atoms with E-state index < -0.39 is 38.7 Å². The van der Waals surface area contributed by atoms with Gasteiger partial charge in [-0.1, -0.05) is 13.8 Å². The first-order valence-electron chi connectivity index (χ1n) is 4.78. The lowest BCUT2D eigenvalue weighted by atomic mass is 10.0. The highest BCUT2D eigenvalue weighted by Gasteiger charge is 2.47. The summed E-state index contributed by atoms with van der Waals surface area (Å²) in [7, 11) is -4.49. The molecule has 0 aromatic carbocycles. The average Bonchev–Trinajstić information content (AvgIpc) is 2.46. The molecule has 1 aliphatic rings. The van der Waals surface area contributed by atoms with Gasteiger partial charge < -0.3 is 10.0 Å². The molecule has 2 unspecified atom stereocenters. The summed E-state index contributed by atoms with van der Waals surface area (Å²) in [5, 5.41) is 9.03. The first-order valence-corrected chi connectivity index (χ1v) is 7.33. The summed E-state index contributed by atoms with van der Waals surface area (Å²) in [6.45, 7) is 3.13. The van der Waals surface area contributed by atoms with Crippen LogP contribution >= 0.6 is 11.8 Å². The zero-order chi connectivity index (χ0) is 13.4. The van der Waals surface area contributed by atoms with Crippen LogP contribution in [0.4, 0.5) is 0 Å². The third kappa shape index (κ3) is 2.90. The summed E-state index contributed by atoms with van der Waals surface area (Å²) in [5.74, 6) is -2.50. The molecule has 1 saturated heterocycles. The van der Waals surface area contributed by atoms with Crippen LogP contribution in [-0.2, 0) is 19.7 Å². The number of hydrogen-bond donors (Lipinski definition) is 2. The lowest BCUT2D eigenvalue weighted by molar-refractivity contribution is -0.150. The minimum atomic E-state index is -4.49. The molecule has 0 spiro atoms. The van der Waals surface area contributed by atoms with E-state index in [1.165, 1.54) is 0 Å². The number of amides is 1. The molecule has 98 valence electrons. The Hall–Kier alpha value is -0.800. The Morgan fingerprint density at radius 1 is 1.53 bits per heavy atom. The van der Waals surface area contributed by atoms with Crippen LogP contribution in [0, 0.1) is 5.92 Å². The van der Waals surface area contributed by atoms with Gasteiger partial charge in [-0.05, 0) is 5.92 Å². The minimum Gasteiger partial charge on any atom is -0.480 e. The molecule has 1 fully saturated rings. The van der Waals surface area contributed by atoms with Gasteiger partial charge in [0.2, 0.25) is 10.6 Å². The van der Waals surface area contributed by atoms with Crippen LogP contribution in [0.15, 0.2) is 0 Å². The van der Waals surface area contributed by atoms with Crippen molar-refractivity contribution in [3.63, 3.8) is 0 Å². The van der Waals surface area contributed by atoms with Gasteiger partial charge in [-0.3, -0.25) is 9.35 Å². The minimum absolute atomic E-state index is 0.152. The van der Waals surface area contributed by atoms with Gasteiger partial charge in [0.05, 0.1) is 5.75 Å². The summed E-state index contributed by atoms with van der Waals surface area (Å²) in [4.78, 5) is 23.3. The van der Waals surface area contributed by atoms with E-state index in [4.69, 9.17) is 9.66 Å². The van der Waals surface area contributed by atoms with Gasteiger partial charge in [0.15, 0.2) is 0 Å². The van der Waals surface area contributed by atoms with Gasteiger partial charge >= 0.3 is 5.97 Å². The Bertz CT molecular complexity index is 431. The van der Waals surface area contributed by atoms with Gasteiger partial charge in [0.1, 0.15) is 6.04 Å². The van der Waals surface area contributed by atoms with Crippen molar-refractivity contribution in [1.82, 2.24) is 4.90 Å². The summed E-state index contributed by atoms with van der Waals surface area (Å²) < 4.78 is 29.6. The number of aliphatic carboxylic acids is 1. The predicted molar refractivity (Wildman–Crippen MR) is 60.9 cm³/mol. The maximum atomic E-state index is 11.5. The van der Waals surface area contributed by atoms with E-state index >= 15 is 0 Å². The maximum Gasteiger partial charge on any atom is 0.326 e. The van der Waals surface area contributed by atoms with E-state index in [2.05, 4.69) is 0 Å². The van der Waals surface area contributed by atoms with E-state index in [-0.39, 0.29) is 5.75 Å². The summed E-state index contributed by atoms with van der Waals surface area (Å²) in [6.07, 6.45) is 0. The van der Waals surface area contributed by atoms with Crippen molar-refractivity contribution in [3.8, 4) is 0 Å². The second-order valence-corrected chi connectivity index (χ2v) is 6.80. The third-order valence-corrected chi connectivity index (χ3v) is 5.10. The number of rotatable bonds is 4. The molecule has 0 aromatic heterocycles. The van der Waals surface area contributed by atoms with Crippen LogP contribution in [-0.4, -0.2) is 51.4 Å². The molecule has 0 bridgehead atoms. The molecular formula is C8H13NO6S2. The Kier molecular flexibility index (Phi) is 4.05. The number of carbonyl (C=O) groups is 2. The molecule has 1 heterocycles. The number of carboxylic acid groups (broad SMARTS) is 1. The fraction of sp³-hybridized carbons (Fsp3) is 0.750. The molecular weight excluding hydrogens is 270 g/mol. The summed E-state index contributed by atoms with van der Waals surface area (Å²) >= 11 is 0.704. The smallest absolute Gasteiger partial charge is 0.326 e. The molecule has 2 N–H and O–H groups in total. The zero-order valence-corrected chi connectivity index (χ0v) is 10.9. The van der Waals surface area contributed by atoms with Crippen molar-refractivity contribution in [2.45, 2.75) is 24.6 Å². The van der Waals surface area contributed by atoms with Gasteiger partial charge in [0.25, 0.3) is 10.1 Å². The summed E-state index contributed by atoms with van der Waals surface area (Å²) in [5.41, 5.74) is 0. The molecule has 7 nitrogen and oxygen atoms in total. The SMILES string of the molecule is CC(C)C(C(=O)O)N1C(=O)CSC1S(=O)(=O)O. The van der Waals surface area contributed by atoms with Gasteiger partial charge in [-0.2, -0.15) is 8.42 Å². The molecule has 2 atom stereocenters.